The fourth-order valence-electron chi connectivity index (χ4n) is 2.96. The summed E-state index contributed by atoms with van der Waals surface area (Å²) in [5.41, 5.74) is 7.29. The summed E-state index contributed by atoms with van der Waals surface area (Å²) in [6.45, 7) is 2.57. The number of ether oxygens (including phenoxy) is 1. The number of carbonyl (C=O) groups is 2. The number of methoxy groups -OCH3 is 1. The van der Waals surface area contributed by atoms with Gasteiger partial charge in [-0.3, -0.25) is 9.59 Å². The zero-order valence-corrected chi connectivity index (χ0v) is 13.7. The Kier molecular flexibility index (Phi) is 4.24. The number of Topliss-reactive ketones (excluding diaryl/α,β-unsaturated/α-hetero) is 1. The van der Waals surface area contributed by atoms with Gasteiger partial charge in [0.25, 0.3) is 0 Å². The van der Waals surface area contributed by atoms with Crippen LogP contribution in [0.3, 0.4) is 0 Å². The largest absolute Gasteiger partial charge is 0.497 e. The summed E-state index contributed by atoms with van der Waals surface area (Å²) >= 11 is 0. The molecule has 1 aromatic carbocycles. The summed E-state index contributed by atoms with van der Waals surface area (Å²) in [5.74, 6) is 0.760. The van der Waals surface area contributed by atoms with Crippen LogP contribution in [0, 0.1) is 5.92 Å². The second-order valence-electron chi connectivity index (χ2n) is 5.87. The molecule has 1 amide bonds. The van der Waals surface area contributed by atoms with Crippen LogP contribution in [0.1, 0.15) is 23.7 Å². The van der Waals surface area contributed by atoms with Gasteiger partial charge in [0.05, 0.1) is 24.6 Å². The van der Waals surface area contributed by atoms with E-state index >= 15 is 0 Å². The third-order valence-electron chi connectivity index (χ3n) is 4.39. The Morgan fingerprint density at radius 3 is 2.58 bits per heavy atom. The van der Waals surface area contributed by atoms with Crippen molar-refractivity contribution < 1.29 is 14.3 Å². The van der Waals surface area contributed by atoms with E-state index in [9.17, 15) is 9.59 Å². The molecule has 1 aromatic heterocycles. The fourth-order valence-corrected chi connectivity index (χ4v) is 2.96. The second kappa shape index (κ2) is 6.35. The number of rotatable bonds is 4. The Bertz CT molecular complexity index is 767. The highest BCUT2D eigenvalue weighted by Gasteiger charge is 2.32. The SMILES string of the molecule is COc1ccc(-n2ncc(C(=O)C3CCN(C(C)=O)C3)c2N)cc1. The summed E-state index contributed by atoms with van der Waals surface area (Å²) in [7, 11) is 1.60. The maximum atomic E-state index is 12.7. The van der Waals surface area contributed by atoms with Gasteiger partial charge in [0.2, 0.25) is 5.91 Å². The molecule has 126 valence electrons. The molecule has 0 bridgehead atoms. The number of hydrogen-bond acceptors (Lipinski definition) is 5. The van der Waals surface area contributed by atoms with Gasteiger partial charge in [0, 0.05) is 25.9 Å². The Balaban J connectivity index is 1.81. The number of nitrogens with zero attached hydrogens (tertiary/aromatic N) is 3. The van der Waals surface area contributed by atoms with Gasteiger partial charge >= 0.3 is 0 Å². The first-order valence-corrected chi connectivity index (χ1v) is 7.79. The highest BCUT2D eigenvalue weighted by molar-refractivity contribution is 6.02. The molecule has 0 spiro atoms. The number of anilines is 1. The molecule has 0 aliphatic carbocycles. The highest BCUT2D eigenvalue weighted by Crippen LogP contribution is 2.26. The van der Waals surface area contributed by atoms with Crippen molar-refractivity contribution in [2.75, 3.05) is 25.9 Å². The van der Waals surface area contributed by atoms with E-state index in [1.165, 1.54) is 17.8 Å². The number of aromatic nitrogens is 2. The standard InChI is InChI=1S/C17H20N4O3/c1-11(22)20-8-7-12(10-20)16(23)15-9-19-21(17(15)18)13-3-5-14(24-2)6-4-13/h3-6,9,12H,7-8,10,18H2,1-2H3. The Morgan fingerprint density at radius 1 is 1.29 bits per heavy atom. The lowest BCUT2D eigenvalue weighted by Crippen LogP contribution is -2.27. The molecule has 1 aliphatic heterocycles. The lowest BCUT2D eigenvalue weighted by molar-refractivity contribution is -0.127. The van der Waals surface area contributed by atoms with Crippen molar-refractivity contribution in [1.29, 1.82) is 0 Å². The summed E-state index contributed by atoms with van der Waals surface area (Å²) in [5, 5.41) is 4.24. The van der Waals surface area contributed by atoms with Gasteiger partial charge < -0.3 is 15.4 Å². The average Bonchev–Trinajstić information content (AvgIpc) is 3.21. The van der Waals surface area contributed by atoms with Crippen LogP contribution in [0.5, 0.6) is 5.75 Å². The van der Waals surface area contributed by atoms with Crippen molar-refractivity contribution in [1.82, 2.24) is 14.7 Å². The molecule has 3 rings (SSSR count). The summed E-state index contributed by atoms with van der Waals surface area (Å²) in [6.07, 6.45) is 2.16. The summed E-state index contributed by atoms with van der Waals surface area (Å²) in [6, 6.07) is 7.26. The molecule has 1 atom stereocenters. The Morgan fingerprint density at radius 2 is 2.00 bits per heavy atom. The summed E-state index contributed by atoms with van der Waals surface area (Å²) < 4.78 is 6.66. The zero-order valence-electron chi connectivity index (χ0n) is 13.7. The molecule has 1 fully saturated rings. The maximum Gasteiger partial charge on any atom is 0.219 e. The maximum absolute atomic E-state index is 12.7. The fraction of sp³-hybridized carbons (Fsp3) is 0.353. The van der Waals surface area contributed by atoms with E-state index in [2.05, 4.69) is 5.10 Å². The van der Waals surface area contributed by atoms with Crippen molar-refractivity contribution in [2.24, 2.45) is 5.92 Å². The normalized spacial score (nSPS) is 17.1. The topological polar surface area (TPSA) is 90.5 Å². The van der Waals surface area contributed by atoms with E-state index in [0.717, 1.165) is 11.4 Å². The third kappa shape index (κ3) is 2.84. The first kappa shape index (κ1) is 16.0. The molecule has 1 aliphatic rings. The van der Waals surface area contributed by atoms with Crippen LogP contribution in [-0.4, -0.2) is 46.6 Å². The van der Waals surface area contributed by atoms with Crippen molar-refractivity contribution in [2.45, 2.75) is 13.3 Å². The van der Waals surface area contributed by atoms with E-state index in [1.54, 1.807) is 24.1 Å². The Labute approximate surface area is 140 Å². The van der Waals surface area contributed by atoms with Crippen molar-refractivity contribution in [3.05, 3.63) is 36.0 Å². The lowest BCUT2D eigenvalue weighted by Gasteiger charge is -2.13. The van der Waals surface area contributed by atoms with Gasteiger partial charge in [-0.25, -0.2) is 4.68 Å². The summed E-state index contributed by atoms with van der Waals surface area (Å²) in [4.78, 5) is 25.8. The number of ketones is 1. The van der Waals surface area contributed by atoms with Crippen LogP contribution >= 0.6 is 0 Å². The van der Waals surface area contributed by atoms with Crippen molar-refractivity contribution >= 4 is 17.5 Å². The van der Waals surface area contributed by atoms with Gasteiger partial charge in [0.1, 0.15) is 11.6 Å². The molecule has 2 N–H and O–H groups in total. The molecule has 2 heterocycles. The number of amides is 1. The number of hydrogen-bond donors (Lipinski definition) is 1. The van der Waals surface area contributed by atoms with Crippen molar-refractivity contribution in [3.8, 4) is 11.4 Å². The van der Waals surface area contributed by atoms with Gasteiger partial charge in [-0.05, 0) is 30.7 Å². The molecule has 2 aromatic rings. The lowest BCUT2D eigenvalue weighted by atomic mass is 9.98. The number of benzene rings is 1. The van der Waals surface area contributed by atoms with Gasteiger partial charge in [0.15, 0.2) is 5.78 Å². The van der Waals surface area contributed by atoms with E-state index in [0.29, 0.717) is 30.9 Å². The molecule has 0 saturated carbocycles. The minimum atomic E-state index is -0.218. The van der Waals surface area contributed by atoms with Gasteiger partial charge in [-0.2, -0.15) is 5.10 Å². The number of nitrogens with two attached hydrogens (primary N) is 1. The molecule has 1 saturated heterocycles. The molecule has 1 unspecified atom stereocenters. The van der Waals surface area contributed by atoms with E-state index < -0.39 is 0 Å². The quantitative estimate of drug-likeness (QED) is 0.859. The minimum Gasteiger partial charge on any atom is -0.497 e. The zero-order chi connectivity index (χ0) is 17.3. The Hall–Kier alpha value is -2.83. The van der Waals surface area contributed by atoms with Crippen LogP contribution in [-0.2, 0) is 4.79 Å². The van der Waals surface area contributed by atoms with Crippen LogP contribution in [0.4, 0.5) is 5.82 Å². The molecule has 0 radical (unpaired) electrons. The van der Waals surface area contributed by atoms with Gasteiger partial charge in [-0.1, -0.05) is 0 Å². The number of carbonyl (C=O) groups excluding carboxylic acids is 2. The molecule has 7 heteroatoms. The second-order valence-corrected chi connectivity index (χ2v) is 5.87. The molecule has 24 heavy (non-hydrogen) atoms. The van der Waals surface area contributed by atoms with E-state index in [4.69, 9.17) is 10.5 Å². The molecular weight excluding hydrogens is 308 g/mol. The smallest absolute Gasteiger partial charge is 0.219 e. The van der Waals surface area contributed by atoms with Crippen LogP contribution < -0.4 is 10.5 Å². The van der Waals surface area contributed by atoms with E-state index in [1.807, 2.05) is 12.1 Å². The van der Waals surface area contributed by atoms with Crippen LogP contribution in [0.15, 0.2) is 30.5 Å². The predicted molar refractivity (Wildman–Crippen MR) is 89.2 cm³/mol. The number of likely N-dealkylation sites (tertiary alicyclic amines) is 1. The minimum absolute atomic E-state index is 0.00722. The monoisotopic (exact) mass is 328 g/mol. The van der Waals surface area contributed by atoms with Gasteiger partial charge in [-0.15, -0.1) is 0 Å². The molecule has 7 nitrogen and oxygen atoms in total. The third-order valence-corrected chi connectivity index (χ3v) is 4.39. The van der Waals surface area contributed by atoms with E-state index in [-0.39, 0.29) is 17.6 Å². The highest BCUT2D eigenvalue weighted by atomic mass is 16.5. The first-order chi connectivity index (χ1) is 11.5. The molecular formula is C17H20N4O3. The van der Waals surface area contributed by atoms with Crippen LogP contribution in [0.25, 0.3) is 5.69 Å². The van der Waals surface area contributed by atoms with Crippen molar-refractivity contribution in [3.63, 3.8) is 0 Å². The predicted octanol–water partition coefficient (Wildman–Crippen LogP) is 1.51. The first-order valence-electron chi connectivity index (χ1n) is 7.79. The average molecular weight is 328 g/mol. The number of nitrogen functional groups attached to an aromatic ring is 1. The van der Waals surface area contributed by atoms with Crippen LogP contribution in [0.2, 0.25) is 0 Å².